The number of alkyl halides is 2. The Labute approximate surface area is 128 Å². The normalized spacial score (nSPS) is 11.8. The number of carbonyl (C=O) groups is 1. The van der Waals surface area contributed by atoms with Gasteiger partial charge in [0.2, 0.25) is 0 Å². The summed E-state index contributed by atoms with van der Waals surface area (Å²) < 4.78 is 25.5. The van der Waals surface area contributed by atoms with Gasteiger partial charge in [0, 0.05) is 6.42 Å². The number of carboxylic acid groups (broad SMARTS) is 1. The van der Waals surface area contributed by atoms with Crippen LogP contribution in [0.5, 0.6) is 0 Å². The number of halogens is 2. The summed E-state index contributed by atoms with van der Waals surface area (Å²) in [5.41, 5.74) is 0. The van der Waals surface area contributed by atoms with Gasteiger partial charge in [-0.05, 0) is 6.42 Å². The van der Waals surface area contributed by atoms with Crippen LogP contribution in [0.3, 0.4) is 0 Å². The summed E-state index contributed by atoms with van der Waals surface area (Å²) in [6, 6.07) is 0. The van der Waals surface area contributed by atoms with Crippen molar-refractivity contribution in [3.63, 3.8) is 0 Å². The van der Waals surface area contributed by atoms with Crippen molar-refractivity contribution in [2.24, 2.45) is 0 Å². The molecule has 126 valence electrons. The lowest BCUT2D eigenvalue weighted by molar-refractivity contribution is -0.165. The largest absolute Gasteiger partial charge is 0.477 e. The van der Waals surface area contributed by atoms with E-state index < -0.39 is 18.3 Å². The third kappa shape index (κ3) is 12.8. The molecule has 0 rings (SSSR count). The van der Waals surface area contributed by atoms with Gasteiger partial charge in [0.15, 0.2) is 0 Å². The molecule has 0 fully saturated rings. The summed E-state index contributed by atoms with van der Waals surface area (Å²) in [5.74, 6) is -5.54. The topological polar surface area (TPSA) is 37.3 Å². The molecule has 0 spiro atoms. The van der Waals surface area contributed by atoms with Crippen molar-refractivity contribution in [2.75, 3.05) is 0 Å². The molecule has 0 aliphatic heterocycles. The maximum atomic E-state index is 12.8. The van der Waals surface area contributed by atoms with Crippen LogP contribution in [0.15, 0.2) is 0 Å². The average Bonchev–Trinajstić information content (AvgIpc) is 2.43. The average molecular weight is 306 g/mol. The Bertz CT molecular complexity index is 255. The van der Waals surface area contributed by atoms with Gasteiger partial charge in [-0.15, -0.1) is 0 Å². The van der Waals surface area contributed by atoms with Crippen molar-refractivity contribution in [3.8, 4) is 0 Å². The molecule has 0 heterocycles. The van der Waals surface area contributed by atoms with E-state index in [0.717, 1.165) is 12.8 Å². The summed E-state index contributed by atoms with van der Waals surface area (Å²) in [4.78, 5) is 10.2. The summed E-state index contributed by atoms with van der Waals surface area (Å²) in [6.45, 7) is 2.23. The monoisotopic (exact) mass is 306 g/mol. The molecule has 0 amide bonds. The third-order valence-electron chi connectivity index (χ3n) is 3.91. The Morgan fingerprint density at radius 3 is 1.43 bits per heavy atom. The van der Waals surface area contributed by atoms with Gasteiger partial charge in [-0.25, -0.2) is 4.79 Å². The first-order valence-electron chi connectivity index (χ1n) is 8.62. The molecule has 21 heavy (non-hydrogen) atoms. The highest BCUT2D eigenvalue weighted by molar-refractivity contribution is 5.75. The SMILES string of the molecule is CCCCCCCCCCCCCCCC(F)(F)C(=O)O. The maximum absolute atomic E-state index is 12.8. The van der Waals surface area contributed by atoms with Crippen molar-refractivity contribution in [1.29, 1.82) is 0 Å². The van der Waals surface area contributed by atoms with E-state index in [9.17, 15) is 13.6 Å². The van der Waals surface area contributed by atoms with Crippen LogP contribution in [0, 0.1) is 0 Å². The van der Waals surface area contributed by atoms with Gasteiger partial charge in [-0.3, -0.25) is 0 Å². The van der Waals surface area contributed by atoms with E-state index in [0.29, 0.717) is 12.8 Å². The van der Waals surface area contributed by atoms with Crippen molar-refractivity contribution in [1.82, 2.24) is 0 Å². The summed E-state index contributed by atoms with van der Waals surface area (Å²) >= 11 is 0. The molecular formula is C17H32F2O2. The van der Waals surface area contributed by atoms with Gasteiger partial charge in [0.25, 0.3) is 0 Å². The van der Waals surface area contributed by atoms with Crippen LogP contribution in [0.1, 0.15) is 96.8 Å². The Kier molecular flexibility index (Phi) is 12.6. The van der Waals surface area contributed by atoms with Crippen LogP contribution in [0.25, 0.3) is 0 Å². The van der Waals surface area contributed by atoms with E-state index in [2.05, 4.69) is 6.92 Å². The summed E-state index contributed by atoms with van der Waals surface area (Å²) in [5, 5.41) is 8.28. The molecule has 0 saturated carbocycles. The highest BCUT2D eigenvalue weighted by atomic mass is 19.3. The van der Waals surface area contributed by atoms with E-state index in [1.807, 2.05) is 0 Å². The minimum Gasteiger partial charge on any atom is -0.477 e. The Morgan fingerprint density at radius 1 is 0.762 bits per heavy atom. The zero-order chi connectivity index (χ0) is 16.0. The van der Waals surface area contributed by atoms with Crippen molar-refractivity contribution in [3.05, 3.63) is 0 Å². The quantitative estimate of drug-likeness (QED) is 0.366. The first-order valence-corrected chi connectivity index (χ1v) is 8.62. The fraction of sp³-hybridized carbons (Fsp3) is 0.941. The molecule has 0 atom stereocenters. The minimum atomic E-state index is -3.54. The zero-order valence-corrected chi connectivity index (χ0v) is 13.5. The van der Waals surface area contributed by atoms with E-state index in [1.165, 1.54) is 57.8 Å². The molecule has 1 N–H and O–H groups in total. The molecule has 0 aromatic rings. The summed E-state index contributed by atoms with van der Waals surface area (Å²) in [7, 11) is 0. The van der Waals surface area contributed by atoms with Gasteiger partial charge in [-0.1, -0.05) is 84.0 Å². The lowest BCUT2D eigenvalue weighted by Crippen LogP contribution is -2.27. The molecule has 0 bridgehead atoms. The minimum absolute atomic E-state index is 0.302. The molecule has 0 aromatic heterocycles. The lowest BCUT2D eigenvalue weighted by atomic mass is 10.0. The Morgan fingerprint density at radius 2 is 1.10 bits per heavy atom. The van der Waals surface area contributed by atoms with Crippen LogP contribution in [-0.4, -0.2) is 17.0 Å². The first kappa shape index (κ1) is 20.3. The van der Waals surface area contributed by atoms with E-state index in [-0.39, 0.29) is 0 Å². The number of aliphatic carboxylic acids is 1. The second kappa shape index (κ2) is 13.0. The Balaban J connectivity index is 3.18. The fourth-order valence-corrected chi connectivity index (χ4v) is 2.47. The molecule has 0 radical (unpaired) electrons. The number of unbranched alkanes of at least 4 members (excludes halogenated alkanes) is 12. The van der Waals surface area contributed by atoms with Crippen LogP contribution in [-0.2, 0) is 4.79 Å². The highest BCUT2D eigenvalue weighted by Gasteiger charge is 2.37. The van der Waals surface area contributed by atoms with E-state index >= 15 is 0 Å². The molecular weight excluding hydrogens is 274 g/mol. The number of carboxylic acids is 1. The summed E-state index contributed by atoms with van der Waals surface area (Å²) in [6.07, 6.45) is 14.2. The predicted octanol–water partition coefficient (Wildman–Crippen LogP) is 6.19. The van der Waals surface area contributed by atoms with Gasteiger partial charge >= 0.3 is 11.9 Å². The molecule has 2 nitrogen and oxygen atoms in total. The highest BCUT2D eigenvalue weighted by Crippen LogP contribution is 2.22. The number of rotatable bonds is 15. The molecule has 0 aliphatic rings. The standard InChI is InChI=1S/C17H32F2O2/c1-2-3-4-5-6-7-8-9-10-11-12-13-14-15-17(18,19)16(20)21/h2-15H2,1H3,(H,20,21). The first-order chi connectivity index (χ1) is 10.0. The Hall–Kier alpha value is -0.670. The van der Waals surface area contributed by atoms with Crippen molar-refractivity contribution in [2.45, 2.75) is 103 Å². The predicted molar refractivity (Wildman–Crippen MR) is 82.9 cm³/mol. The zero-order valence-electron chi connectivity index (χ0n) is 13.5. The van der Waals surface area contributed by atoms with E-state index in [4.69, 9.17) is 5.11 Å². The smallest absolute Gasteiger partial charge is 0.374 e. The molecule has 0 aromatic carbocycles. The van der Waals surface area contributed by atoms with Crippen LogP contribution in [0.4, 0.5) is 8.78 Å². The van der Waals surface area contributed by atoms with Crippen LogP contribution >= 0.6 is 0 Å². The van der Waals surface area contributed by atoms with E-state index in [1.54, 1.807) is 0 Å². The third-order valence-corrected chi connectivity index (χ3v) is 3.91. The number of hydrogen-bond acceptors (Lipinski definition) is 1. The molecule has 0 unspecified atom stereocenters. The van der Waals surface area contributed by atoms with Crippen molar-refractivity contribution < 1.29 is 18.7 Å². The molecule has 4 heteroatoms. The second-order valence-electron chi connectivity index (χ2n) is 6.00. The van der Waals surface area contributed by atoms with Gasteiger partial charge in [0.05, 0.1) is 0 Å². The lowest BCUT2D eigenvalue weighted by Gasteiger charge is -2.10. The van der Waals surface area contributed by atoms with Gasteiger partial charge in [0.1, 0.15) is 0 Å². The maximum Gasteiger partial charge on any atom is 0.374 e. The van der Waals surface area contributed by atoms with Crippen LogP contribution in [0.2, 0.25) is 0 Å². The molecule has 0 aliphatic carbocycles. The second-order valence-corrected chi connectivity index (χ2v) is 6.00. The van der Waals surface area contributed by atoms with Gasteiger partial charge in [-0.2, -0.15) is 8.78 Å². The van der Waals surface area contributed by atoms with Gasteiger partial charge < -0.3 is 5.11 Å². The number of hydrogen-bond donors (Lipinski definition) is 1. The fourth-order valence-electron chi connectivity index (χ4n) is 2.47. The molecule has 0 saturated heterocycles. The van der Waals surface area contributed by atoms with Crippen LogP contribution < -0.4 is 0 Å². The van der Waals surface area contributed by atoms with Crippen molar-refractivity contribution >= 4 is 5.97 Å².